The lowest BCUT2D eigenvalue weighted by molar-refractivity contribution is 0.153. The van der Waals surface area contributed by atoms with Crippen molar-refractivity contribution in [1.29, 1.82) is 0 Å². The standard InChI is InChI=1S/C27H34ClN/c1-2-20-5-10-23(11-6-20)24-12-7-21(8-13-24)3-4-22-9-18-27(29-19-22)25-14-16-26(28)17-15-25/h2,9,14-21,23-24H,1,3-8,10-13H2/t20-,21?,23-,24?. The summed E-state index contributed by atoms with van der Waals surface area (Å²) >= 11 is 5.98. The Bertz CT molecular complexity index is 763. The first-order valence-corrected chi connectivity index (χ1v) is 11.9. The zero-order chi connectivity index (χ0) is 20.1. The maximum Gasteiger partial charge on any atom is 0.0702 e. The molecule has 2 heteroatoms. The maximum absolute atomic E-state index is 5.98. The van der Waals surface area contributed by atoms with E-state index in [9.17, 15) is 0 Å². The minimum absolute atomic E-state index is 0.768. The van der Waals surface area contributed by atoms with Gasteiger partial charge in [-0.2, -0.15) is 0 Å². The molecule has 1 heterocycles. The minimum atomic E-state index is 0.768. The molecule has 0 spiro atoms. The SMILES string of the molecule is C=C[C@H]1CC[C@H](C2CCC(CCc3ccc(-c4ccc(Cl)cc4)nc3)CC2)CC1. The first-order chi connectivity index (χ1) is 14.2. The van der Waals surface area contributed by atoms with Crippen molar-refractivity contribution in [2.75, 3.05) is 0 Å². The number of rotatable bonds is 6. The fourth-order valence-electron chi connectivity index (χ4n) is 5.53. The summed E-state index contributed by atoms with van der Waals surface area (Å²) in [5, 5.41) is 0.768. The number of nitrogens with zero attached hydrogens (tertiary/aromatic N) is 1. The van der Waals surface area contributed by atoms with Crippen molar-refractivity contribution in [1.82, 2.24) is 4.98 Å². The molecule has 0 atom stereocenters. The van der Waals surface area contributed by atoms with Gasteiger partial charge in [-0.1, -0.05) is 48.7 Å². The van der Waals surface area contributed by atoms with E-state index in [1.54, 1.807) is 0 Å². The number of allylic oxidation sites excluding steroid dienone is 1. The summed E-state index contributed by atoms with van der Waals surface area (Å²) in [6, 6.07) is 12.3. The van der Waals surface area contributed by atoms with Gasteiger partial charge >= 0.3 is 0 Å². The third kappa shape index (κ3) is 5.51. The third-order valence-electron chi connectivity index (χ3n) is 7.51. The van der Waals surface area contributed by atoms with Crippen molar-refractivity contribution in [2.45, 2.75) is 64.2 Å². The molecule has 1 aromatic heterocycles. The van der Waals surface area contributed by atoms with Gasteiger partial charge in [0.25, 0.3) is 0 Å². The quantitative estimate of drug-likeness (QED) is 0.440. The van der Waals surface area contributed by atoms with E-state index in [4.69, 9.17) is 11.6 Å². The summed E-state index contributed by atoms with van der Waals surface area (Å²) in [5.74, 6) is 3.70. The van der Waals surface area contributed by atoms with E-state index in [1.165, 1.54) is 63.4 Å². The Morgan fingerprint density at radius 2 is 1.52 bits per heavy atom. The Morgan fingerprint density at radius 1 is 0.862 bits per heavy atom. The van der Waals surface area contributed by atoms with Crippen molar-refractivity contribution in [2.24, 2.45) is 23.7 Å². The van der Waals surface area contributed by atoms with E-state index in [0.717, 1.165) is 46.4 Å². The van der Waals surface area contributed by atoms with Gasteiger partial charge in [-0.15, -0.1) is 6.58 Å². The summed E-state index contributed by atoms with van der Waals surface area (Å²) in [7, 11) is 0. The molecule has 4 rings (SSSR count). The Hall–Kier alpha value is -1.60. The van der Waals surface area contributed by atoms with Crippen molar-refractivity contribution in [3.63, 3.8) is 0 Å². The fourth-order valence-corrected chi connectivity index (χ4v) is 5.66. The van der Waals surface area contributed by atoms with Crippen LogP contribution in [0.4, 0.5) is 0 Å². The molecule has 0 unspecified atom stereocenters. The van der Waals surface area contributed by atoms with Crippen LogP contribution < -0.4 is 0 Å². The molecule has 2 aliphatic carbocycles. The number of benzene rings is 1. The predicted molar refractivity (Wildman–Crippen MR) is 124 cm³/mol. The second-order valence-corrected chi connectivity index (χ2v) is 9.73. The van der Waals surface area contributed by atoms with E-state index in [-0.39, 0.29) is 0 Å². The number of hydrogen-bond donors (Lipinski definition) is 0. The number of halogens is 1. The average molecular weight is 408 g/mol. The molecule has 0 aliphatic heterocycles. The minimum Gasteiger partial charge on any atom is -0.256 e. The summed E-state index contributed by atoms with van der Waals surface area (Å²) in [5.41, 5.74) is 3.52. The third-order valence-corrected chi connectivity index (χ3v) is 7.77. The smallest absolute Gasteiger partial charge is 0.0702 e. The van der Waals surface area contributed by atoms with Gasteiger partial charge in [0.15, 0.2) is 0 Å². The molecule has 1 nitrogen and oxygen atoms in total. The van der Waals surface area contributed by atoms with Crippen LogP contribution in [0.3, 0.4) is 0 Å². The lowest BCUT2D eigenvalue weighted by atomic mass is 9.68. The van der Waals surface area contributed by atoms with Crippen molar-refractivity contribution in [3.8, 4) is 11.3 Å². The number of hydrogen-bond acceptors (Lipinski definition) is 1. The number of pyridine rings is 1. The summed E-state index contributed by atoms with van der Waals surface area (Å²) in [6.45, 7) is 3.99. The molecule has 0 N–H and O–H groups in total. The Balaban J connectivity index is 1.21. The van der Waals surface area contributed by atoms with Gasteiger partial charge in [0.1, 0.15) is 0 Å². The van der Waals surface area contributed by atoms with Crippen molar-refractivity contribution in [3.05, 3.63) is 65.8 Å². The predicted octanol–water partition coefficient (Wildman–Crippen LogP) is 8.13. The van der Waals surface area contributed by atoms with E-state index >= 15 is 0 Å². The molecule has 0 bridgehead atoms. The van der Waals surface area contributed by atoms with Crippen LogP contribution in [0.2, 0.25) is 5.02 Å². The second kappa shape index (κ2) is 9.94. The van der Waals surface area contributed by atoms with Crippen LogP contribution in [0.25, 0.3) is 11.3 Å². The molecule has 2 aromatic rings. The molecule has 29 heavy (non-hydrogen) atoms. The van der Waals surface area contributed by atoms with Crippen LogP contribution in [-0.2, 0) is 6.42 Å². The molecule has 1 aromatic carbocycles. The second-order valence-electron chi connectivity index (χ2n) is 9.29. The average Bonchev–Trinajstić information content (AvgIpc) is 2.79. The summed E-state index contributed by atoms with van der Waals surface area (Å²) in [4.78, 5) is 4.68. The van der Waals surface area contributed by atoms with Crippen LogP contribution in [0.5, 0.6) is 0 Å². The van der Waals surface area contributed by atoms with Crippen LogP contribution in [0.15, 0.2) is 55.3 Å². The van der Waals surface area contributed by atoms with E-state index in [0.29, 0.717) is 0 Å². The molecule has 2 saturated carbocycles. The Labute approximate surface area is 181 Å². The molecule has 0 amide bonds. The topological polar surface area (TPSA) is 12.9 Å². The monoisotopic (exact) mass is 407 g/mol. The number of aryl methyl sites for hydroxylation is 1. The lowest BCUT2D eigenvalue weighted by Crippen LogP contribution is -2.25. The number of aromatic nitrogens is 1. The Morgan fingerprint density at radius 3 is 2.10 bits per heavy atom. The molecule has 2 fully saturated rings. The highest BCUT2D eigenvalue weighted by Crippen LogP contribution is 2.42. The van der Waals surface area contributed by atoms with Gasteiger partial charge < -0.3 is 0 Å². The van der Waals surface area contributed by atoms with Gasteiger partial charge in [-0.25, -0.2) is 0 Å². The highest BCUT2D eigenvalue weighted by Gasteiger charge is 2.30. The highest BCUT2D eigenvalue weighted by molar-refractivity contribution is 6.30. The molecule has 0 saturated heterocycles. The van der Waals surface area contributed by atoms with Crippen LogP contribution in [-0.4, -0.2) is 4.98 Å². The van der Waals surface area contributed by atoms with Gasteiger partial charge in [0, 0.05) is 16.8 Å². The van der Waals surface area contributed by atoms with Gasteiger partial charge in [0.05, 0.1) is 5.69 Å². The van der Waals surface area contributed by atoms with Gasteiger partial charge in [-0.3, -0.25) is 4.98 Å². The molecule has 154 valence electrons. The molecule has 2 aliphatic rings. The highest BCUT2D eigenvalue weighted by atomic mass is 35.5. The first-order valence-electron chi connectivity index (χ1n) is 11.5. The van der Waals surface area contributed by atoms with Crippen LogP contribution >= 0.6 is 11.6 Å². The maximum atomic E-state index is 5.98. The van der Waals surface area contributed by atoms with Crippen LogP contribution in [0, 0.1) is 23.7 Å². The van der Waals surface area contributed by atoms with Gasteiger partial charge in [-0.05, 0) is 98.8 Å². The molecular weight excluding hydrogens is 374 g/mol. The summed E-state index contributed by atoms with van der Waals surface area (Å²) < 4.78 is 0. The van der Waals surface area contributed by atoms with Crippen molar-refractivity contribution >= 4 is 11.6 Å². The zero-order valence-corrected chi connectivity index (χ0v) is 18.3. The summed E-state index contributed by atoms with van der Waals surface area (Å²) in [6.07, 6.45) is 18.2. The van der Waals surface area contributed by atoms with E-state index in [1.807, 2.05) is 24.3 Å². The van der Waals surface area contributed by atoms with Crippen LogP contribution in [0.1, 0.15) is 63.4 Å². The fraction of sp³-hybridized carbons (Fsp3) is 0.519. The lowest BCUT2D eigenvalue weighted by Gasteiger charge is -2.37. The normalized spacial score (nSPS) is 27.5. The largest absolute Gasteiger partial charge is 0.256 e. The molecular formula is C27H34ClN. The molecule has 0 radical (unpaired) electrons. The van der Waals surface area contributed by atoms with Gasteiger partial charge in [0.2, 0.25) is 0 Å². The zero-order valence-electron chi connectivity index (χ0n) is 17.5. The van der Waals surface area contributed by atoms with E-state index in [2.05, 4.69) is 36.0 Å². The van der Waals surface area contributed by atoms with E-state index < -0.39 is 0 Å². The first kappa shape index (κ1) is 20.7. The Kier molecular flexibility index (Phi) is 7.08. The van der Waals surface area contributed by atoms with Crippen molar-refractivity contribution < 1.29 is 0 Å².